The molecule has 0 unspecified atom stereocenters. The third-order valence-corrected chi connectivity index (χ3v) is 4.48. The highest BCUT2D eigenvalue weighted by Crippen LogP contribution is 2.21. The van der Waals surface area contributed by atoms with E-state index in [1.165, 1.54) is 18.2 Å². The fraction of sp³-hybridized carbons (Fsp3) is 0.0714. The van der Waals surface area contributed by atoms with Crippen LogP contribution < -0.4 is 5.73 Å². The van der Waals surface area contributed by atoms with Crippen molar-refractivity contribution in [1.82, 2.24) is 0 Å². The standard InChI is InChI=1S/C14H11FN2O2S/c15-13-7-12(5-6-14(13)17)20(18,19)9-11-4-2-1-3-10(11)8-16/h1-7H,9,17H2. The smallest absolute Gasteiger partial charge is 0.182 e. The van der Waals surface area contributed by atoms with Crippen LogP contribution >= 0.6 is 0 Å². The molecule has 0 saturated carbocycles. The number of halogens is 1. The van der Waals surface area contributed by atoms with Crippen molar-refractivity contribution >= 4 is 15.5 Å². The van der Waals surface area contributed by atoms with E-state index >= 15 is 0 Å². The summed E-state index contributed by atoms with van der Waals surface area (Å²) in [5, 5.41) is 8.94. The van der Waals surface area contributed by atoms with Gasteiger partial charge < -0.3 is 5.73 Å². The number of nitriles is 1. The van der Waals surface area contributed by atoms with Crippen molar-refractivity contribution in [3.8, 4) is 6.07 Å². The van der Waals surface area contributed by atoms with E-state index in [0.29, 0.717) is 5.56 Å². The van der Waals surface area contributed by atoms with E-state index in [9.17, 15) is 12.8 Å². The van der Waals surface area contributed by atoms with Gasteiger partial charge in [-0.15, -0.1) is 0 Å². The first-order valence-electron chi connectivity index (χ1n) is 5.70. The molecule has 0 bridgehead atoms. The molecule has 6 heteroatoms. The number of anilines is 1. The summed E-state index contributed by atoms with van der Waals surface area (Å²) in [6.45, 7) is 0. The molecule has 0 aliphatic carbocycles. The summed E-state index contributed by atoms with van der Waals surface area (Å²) in [6.07, 6.45) is 0. The third-order valence-electron chi connectivity index (χ3n) is 2.81. The van der Waals surface area contributed by atoms with Crippen LogP contribution in [-0.4, -0.2) is 8.42 Å². The van der Waals surface area contributed by atoms with E-state index in [4.69, 9.17) is 11.0 Å². The van der Waals surface area contributed by atoms with Crippen molar-refractivity contribution in [3.05, 3.63) is 59.4 Å². The predicted octanol–water partition coefficient (Wildman–Crippen LogP) is 2.25. The Hall–Kier alpha value is -2.39. The second-order valence-corrected chi connectivity index (χ2v) is 6.20. The lowest BCUT2D eigenvalue weighted by Gasteiger charge is -2.07. The maximum absolute atomic E-state index is 13.4. The van der Waals surface area contributed by atoms with Crippen molar-refractivity contribution in [2.75, 3.05) is 5.73 Å². The van der Waals surface area contributed by atoms with Crippen LogP contribution in [0.3, 0.4) is 0 Å². The number of nitrogens with two attached hydrogens (primary N) is 1. The van der Waals surface area contributed by atoms with Gasteiger partial charge in [0, 0.05) is 0 Å². The highest BCUT2D eigenvalue weighted by atomic mass is 32.2. The molecule has 0 amide bonds. The molecular weight excluding hydrogens is 279 g/mol. The van der Waals surface area contributed by atoms with Crippen LogP contribution in [0.15, 0.2) is 47.4 Å². The van der Waals surface area contributed by atoms with E-state index in [1.807, 2.05) is 6.07 Å². The molecule has 2 aromatic carbocycles. The third kappa shape index (κ3) is 2.78. The van der Waals surface area contributed by atoms with Crippen molar-refractivity contribution < 1.29 is 12.8 Å². The van der Waals surface area contributed by atoms with Crippen molar-refractivity contribution in [2.45, 2.75) is 10.6 Å². The number of benzene rings is 2. The minimum absolute atomic E-state index is 0.110. The monoisotopic (exact) mass is 290 g/mol. The second-order valence-electron chi connectivity index (χ2n) is 4.21. The second kappa shape index (κ2) is 5.31. The Morgan fingerprint density at radius 3 is 2.55 bits per heavy atom. The van der Waals surface area contributed by atoms with E-state index in [0.717, 1.165) is 6.07 Å². The van der Waals surface area contributed by atoms with Crippen LogP contribution in [0.4, 0.5) is 10.1 Å². The van der Waals surface area contributed by atoms with Crippen molar-refractivity contribution in [3.63, 3.8) is 0 Å². The van der Waals surface area contributed by atoms with E-state index in [2.05, 4.69) is 0 Å². The summed E-state index contributed by atoms with van der Waals surface area (Å²) in [5.74, 6) is -1.14. The largest absolute Gasteiger partial charge is 0.396 e. The Balaban J connectivity index is 2.41. The van der Waals surface area contributed by atoms with E-state index in [-0.39, 0.29) is 21.9 Å². The molecule has 2 N–H and O–H groups in total. The number of hydrogen-bond donors (Lipinski definition) is 1. The molecule has 102 valence electrons. The molecular formula is C14H11FN2O2S. The van der Waals surface area contributed by atoms with Crippen LogP contribution in [0, 0.1) is 17.1 Å². The first-order valence-corrected chi connectivity index (χ1v) is 7.35. The molecule has 4 nitrogen and oxygen atoms in total. The topological polar surface area (TPSA) is 84.0 Å². The Kier molecular flexibility index (Phi) is 3.72. The van der Waals surface area contributed by atoms with Crippen LogP contribution in [0.5, 0.6) is 0 Å². The molecule has 0 atom stereocenters. The van der Waals surface area contributed by atoms with Gasteiger partial charge in [0.15, 0.2) is 9.84 Å². The van der Waals surface area contributed by atoms with Gasteiger partial charge in [0.1, 0.15) is 5.82 Å². The minimum Gasteiger partial charge on any atom is -0.396 e. The molecule has 0 aromatic heterocycles. The molecule has 2 rings (SSSR count). The van der Waals surface area contributed by atoms with Crippen molar-refractivity contribution in [2.24, 2.45) is 0 Å². The summed E-state index contributed by atoms with van der Waals surface area (Å²) in [4.78, 5) is -0.156. The fourth-order valence-electron chi connectivity index (χ4n) is 1.74. The Bertz CT molecular complexity index is 795. The van der Waals surface area contributed by atoms with Crippen LogP contribution in [0.2, 0.25) is 0 Å². The highest BCUT2D eigenvalue weighted by molar-refractivity contribution is 7.90. The minimum atomic E-state index is -3.73. The maximum atomic E-state index is 13.4. The normalized spacial score (nSPS) is 11.0. The van der Waals surface area contributed by atoms with Gasteiger partial charge in [-0.2, -0.15) is 5.26 Å². The summed E-state index contributed by atoms with van der Waals surface area (Å²) in [7, 11) is -3.73. The van der Waals surface area contributed by atoms with Gasteiger partial charge in [0.25, 0.3) is 0 Å². The zero-order chi connectivity index (χ0) is 14.8. The lowest BCUT2D eigenvalue weighted by atomic mass is 10.1. The van der Waals surface area contributed by atoms with Gasteiger partial charge in [-0.1, -0.05) is 18.2 Å². The van der Waals surface area contributed by atoms with E-state index < -0.39 is 15.7 Å². The van der Waals surface area contributed by atoms with Crippen LogP contribution in [-0.2, 0) is 15.6 Å². The van der Waals surface area contributed by atoms with Crippen molar-refractivity contribution in [1.29, 1.82) is 5.26 Å². The molecule has 0 heterocycles. The number of nitrogen functional groups attached to an aromatic ring is 1. The highest BCUT2D eigenvalue weighted by Gasteiger charge is 2.18. The van der Waals surface area contributed by atoms with Crippen LogP contribution in [0.25, 0.3) is 0 Å². The summed E-state index contributed by atoms with van der Waals surface area (Å²) in [6, 6.07) is 11.7. The Morgan fingerprint density at radius 2 is 1.90 bits per heavy atom. The molecule has 0 aliphatic heterocycles. The van der Waals surface area contributed by atoms with Gasteiger partial charge >= 0.3 is 0 Å². The first-order chi connectivity index (χ1) is 9.44. The first kappa shape index (κ1) is 14.0. The van der Waals surface area contributed by atoms with Crippen LogP contribution in [0.1, 0.15) is 11.1 Å². The lowest BCUT2D eigenvalue weighted by molar-refractivity contribution is 0.591. The summed E-state index contributed by atoms with van der Waals surface area (Å²) >= 11 is 0. The fourth-order valence-corrected chi connectivity index (χ4v) is 3.13. The zero-order valence-electron chi connectivity index (χ0n) is 10.4. The SMILES string of the molecule is N#Cc1ccccc1CS(=O)(=O)c1ccc(N)c(F)c1. The van der Waals surface area contributed by atoms with E-state index in [1.54, 1.807) is 18.2 Å². The Morgan fingerprint density at radius 1 is 1.20 bits per heavy atom. The maximum Gasteiger partial charge on any atom is 0.182 e. The lowest BCUT2D eigenvalue weighted by Crippen LogP contribution is -2.07. The number of rotatable bonds is 3. The molecule has 0 fully saturated rings. The zero-order valence-corrected chi connectivity index (χ0v) is 11.2. The quantitative estimate of drug-likeness (QED) is 0.879. The molecule has 2 aromatic rings. The van der Waals surface area contributed by atoms with Gasteiger partial charge in [0.05, 0.1) is 28.0 Å². The Labute approximate surface area is 116 Å². The molecule has 20 heavy (non-hydrogen) atoms. The molecule has 0 aliphatic rings. The average molecular weight is 290 g/mol. The van der Waals surface area contributed by atoms with Gasteiger partial charge in [-0.3, -0.25) is 0 Å². The number of sulfone groups is 1. The number of nitrogens with zero attached hydrogens (tertiary/aromatic N) is 1. The van der Waals surface area contributed by atoms with Gasteiger partial charge in [-0.25, -0.2) is 12.8 Å². The molecule has 0 radical (unpaired) electrons. The number of hydrogen-bond acceptors (Lipinski definition) is 4. The van der Waals surface area contributed by atoms with Gasteiger partial charge in [-0.05, 0) is 29.8 Å². The molecule has 0 saturated heterocycles. The summed E-state index contributed by atoms with van der Waals surface area (Å²) in [5.41, 5.74) is 5.87. The summed E-state index contributed by atoms with van der Waals surface area (Å²) < 4.78 is 37.8. The average Bonchev–Trinajstić information content (AvgIpc) is 2.42. The molecule has 0 spiro atoms. The predicted molar refractivity (Wildman–Crippen MR) is 72.9 cm³/mol. The van der Waals surface area contributed by atoms with Gasteiger partial charge in [0.2, 0.25) is 0 Å².